The molecule has 1 aromatic heterocycles. The first kappa shape index (κ1) is 19.8. The van der Waals surface area contributed by atoms with E-state index in [1.807, 2.05) is 31.2 Å². The quantitative estimate of drug-likeness (QED) is 0.673. The van der Waals surface area contributed by atoms with Gasteiger partial charge in [-0.15, -0.1) is 0 Å². The van der Waals surface area contributed by atoms with Crippen LogP contribution in [0.2, 0.25) is 0 Å². The molecule has 1 unspecified atom stereocenters. The number of carbonyl (C=O) groups excluding carboxylic acids is 1. The van der Waals surface area contributed by atoms with Gasteiger partial charge in [-0.05, 0) is 42.2 Å². The standard InChI is InChI=1S/C23H24N4O3/c1-3-10-23(2,21(29)30)16-8-9-18-17(11-16)19(26-22(24)25-18)20(28)27-12-14-6-4-5-7-15(14)13-27/h4-9,11H,3,10,12-13H2,1-2H3,(H,29,30)(H2,24,25,26). The first-order valence-electron chi connectivity index (χ1n) is 10.0. The molecular formula is C23H24N4O3. The summed E-state index contributed by atoms with van der Waals surface area (Å²) in [5.74, 6) is -1.12. The van der Waals surface area contributed by atoms with Gasteiger partial charge in [0, 0.05) is 18.5 Å². The Morgan fingerprint density at radius 2 is 1.80 bits per heavy atom. The van der Waals surface area contributed by atoms with Crippen molar-refractivity contribution in [3.05, 3.63) is 64.8 Å². The predicted molar refractivity (Wildman–Crippen MR) is 114 cm³/mol. The van der Waals surface area contributed by atoms with Crippen molar-refractivity contribution in [1.82, 2.24) is 14.9 Å². The van der Waals surface area contributed by atoms with Gasteiger partial charge in [-0.2, -0.15) is 0 Å². The highest BCUT2D eigenvalue weighted by Crippen LogP contribution is 2.33. The van der Waals surface area contributed by atoms with E-state index < -0.39 is 11.4 Å². The van der Waals surface area contributed by atoms with Crippen molar-refractivity contribution in [2.75, 3.05) is 5.73 Å². The molecule has 30 heavy (non-hydrogen) atoms. The van der Waals surface area contributed by atoms with Crippen LogP contribution in [0.4, 0.5) is 5.95 Å². The molecule has 3 N–H and O–H groups in total. The molecule has 7 heteroatoms. The molecule has 2 heterocycles. The average molecular weight is 404 g/mol. The number of carboxylic acids is 1. The lowest BCUT2D eigenvalue weighted by Crippen LogP contribution is -2.32. The van der Waals surface area contributed by atoms with Crippen LogP contribution in [-0.2, 0) is 23.3 Å². The zero-order valence-electron chi connectivity index (χ0n) is 17.1. The molecular weight excluding hydrogens is 380 g/mol. The minimum atomic E-state index is -1.06. The number of aliphatic carboxylic acids is 1. The lowest BCUT2D eigenvalue weighted by Gasteiger charge is -2.25. The third-order valence-corrected chi connectivity index (χ3v) is 5.90. The normalized spacial score (nSPS) is 15.1. The summed E-state index contributed by atoms with van der Waals surface area (Å²) < 4.78 is 0. The Hall–Kier alpha value is -3.48. The maximum absolute atomic E-state index is 13.4. The van der Waals surface area contributed by atoms with Crippen LogP contribution in [0.1, 0.15) is 53.9 Å². The number of benzene rings is 2. The number of hydrogen-bond donors (Lipinski definition) is 2. The minimum absolute atomic E-state index is 0.0184. The van der Waals surface area contributed by atoms with Gasteiger partial charge in [0.05, 0.1) is 10.9 Å². The first-order chi connectivity index (χ1) is 14.3. The van der Waals surface area contributed by atoms with Gasteiger partial charge in [0.15, 0.2) is 0 Å². The van der Waals surface area contributed by atoms with Gasteiger partial charge in [-0.3, -0.25) is 9.59 Å². The van der Waals surface area contributed by atoms with Gasteiger partial charge >= 0.3 is 5.97 Å². The van der Waals surface area contributed by atoms with E-state index in [1.54, 1.807) is 30.0 Å². The Morgan fingerprint density at radius 3 is 2.40 bits per heavy atom. The van der Waals surface area contributed by atoms with E-state index in [1.165, 1.54) is 0 Å². The van der Waals surface area contributed by atoms with Crippen molar-refractivity contribution < 1.29 is 14.7 Å². The summed E-state index contributed by atoms with van der Waals surface area (Å²) in [6.45, 7) is 4.66. The van der Waals surface area contributed by atoms with Gasteiger partial charge in [-0.25, -0.2) is 9.97 Å². The van der Waals surface area contributed by atoms with Crippen LogP contribution in [0.25, 0.3) is 10.9 Å². The third kappa shape index (κ3) is 3.26. The van der Waals surface area contributed by atoms with E-state index in [2.05, 4.69) is 9.97 Å². The molecule has 0 saturated heterocycles. The molecule has 1 atom stereocenters. The SMILES string of the molecule is CCCC(C)(C(=O)O)c1ccc2nc(N)nc(C(=O)N3Cc4ccccc4C3)c2c1. The van der Waals surface area contributed by atoms with Crippen LogP contribution in [0.3, 0.4) is 0 Å². The van der Waals surface area contributed by atoms with E-state index in [-0.39, 0.29) is 17.5 Å². The van der Waals surface area contributed by atoms with Gasteiger partial charge in [0.2, 0.25) is 5.95 Å². The molecule has 0 bridgehead atoms. The summed E-state index contributed by atoms with van der Waals surface area (Å²) in [6.07, 6.45) is 1.20. The van der Waals surface area contributed by atoms with Crippen LogP contribution in [0.5, 0.6) is 0 Å². The topological polar surface area (TPSA) is 109 Å². The van der Waals surface area contributed by atoms with Crippen molar-refractivity contribution >= 4 is 28.7 Å². The molecule has 154 valence electrons. The Labute approximate surface area is 174 Å². The molecule has 1 aliphatic rings. The molecule has 0 aliphatic carbocycles. The predicted octanol–water partition coefficient (Wildman–Crippen LogP) is 3.51. The summed E-state index contributed by atoms with van der Waals surface area (Å²) in [5, 5.41) is 10.4. The molecule has 0 spiro atoms. The van der Waals surface area contributed by atoms with Crippen LogP contribution >= 0.6 is 0 Å². The number of hydrogen-bond acceptors (Lipinski definition) is 5. The molecule has 1 aliphatic heterocycles. The van der Waals surface area contributed by atoms with E-state index >= 15 is 0 Å². The van der Waals surface area contributed by atoms with Crippen molar-refractivity contribution in [1.29, 1.82) is 0 Å². The number of carbonyl (C=O) groups is 2. The second-order valence-electron chi connectivity index (χ2n) is 7.98. The summed E-state index contributed by atoms with van der Waals surface area (Å²) in [7, 11) is 0. The van der Waals surface area contributed by atoms with Gasteiger partial charge in [0.25, 0.3) is 5.91 Å². The van der Waals surface area contributed by atoms with Gasteiger partial charge < -0.3 is 15.7 Å². The first-order valence-corrected chi connectivity index (χ1v) is 10.0. The lowest BCUT2D eigenvalue weighted by atomic mass is 9.78. The molecule has 3 aromatic rings. The maximum Gasteiger partial charge on any atom is 0.313 e. The van der Waals surface area contributed by atoms with E-state index in [0.29, 0.717) is 36.0 Å². The van der Waals surface area contributed by atoms with Gasteiger partial charge in [0.1, 0.15) is 5.69 Å². The second kappa shape index (κ2) is 7.40. The van der Waals surface area contributed by atoms with Gasteiger partial charge in [-0.1, -0.05) is 43.7 Å². The van der Waals surface area contributed by atoms with Crippen LogP contribution in [0, 0.1) is 0 Å². The fourth-order valence-corrected chi connectivity index (χ4v) is 4.15. The number of nitrogen functional groups attached to an aromatic ring is 1. The monoisotopic (exact) mass is 404 g/mol. The number of nitrogens with two attached hydrogens (primary N) is 1. The molecule has 4 rings (SSSR count). The zero-order valence-corrected chi connectivity index (χ0v) is 17.1. The fraction of sp³-hybridized carbons (Fsp3) is 0.304. The highest BCUT2D eigenvalue weighted by molar-refractivity contribution is 6.05. The highest BCUT2D eigenvalue weighted by atomic mass is 16.4. The highest BCUT2D eigenvalue weighted by Gasteiger charge is 2.35. The number of fused-ring (bicyclic) bond motifs is 2. The van der Waals surface area contributed by atoms with Crippen molar-refractivity contribution in [3.63, 3.8) is 0 Å². The van der Waals surface area contributed by atoms with Crippen molar-refractivity contribution in [2.24, 2.45) is 0 Å². The Balaban J connectivity index is 1.80. The molecule has 7 nitrogen and oxygen atoms in total. The Bertz CT molecular complexity index is 1140. The van der Waals surface area contributed by atoms with Crippen molar-refractivity contribution in [2.45, 2.75) is 45.2 Å². The number of anilines is 1. The average Bonchev–Trinajstić information content (AvgIpc) is 3.16. The Kier molecular flexibility index (Phi) is 4.89. The van der Waals surface area contributed by atoms with Crippen molar-refractivity contribution in [3.8, 4) is 0 Å². The minimum Gasteiger partial charge on any atom is -0.481 e. The van der Waals surface area contributed by atoms with E-state index in [0.717, 1.165) is 17.5 Å². The maximum atomic E-state index is 13.4. The summed E-state index contributed by atoms with van der Waals surface area (Å²) >= 11 is 0. The van der Waals surface area contributed by atoms with Crippen LogP contribution in [0.15, 0.2) is 42.5 Å². The summed E-state index contributed by atoms with van der Waals surface area (Å²) in [4.78, 5) is 35.6. The Morgan fingerprint density at radius 1 is 1.13 bits per heavy atom. The smallest absolute Gasteiger partial charge is 0.313 e. The molecule has 0 fully saturated rings. The number of amides is 1. The molecule has 1 amide bonds. The number of rotatable bonds is 5. The van der Waals surface area contributed by atoms with Crippen LogP contribution < -0.4 is 5.73 Å². The summed E-state index contributed by atoms with van der Waals surface area (Å²) in [5.41, 5.74) is 8.39. The molecule has 2 aromatic carbocycles. The zero-order chi connectivity index (χ0) is 21.5. The molecule has 0 saturated carbocycles. The molecule has 0 radical (unpaired) electrons. The second-order valence-corrected chi connectivity index (χ2v) is 7.98. The van der Waals surface area contributed by atoms with E-state index in [4.69, 9.17) is 5.73 Å². The van der Waals surface area contributed by atoms with E-state index in [9.17, 15) is 14.7 Å². The fourth-order valence-electron chi connectivity index (χ4n) is 4.15. The number of nitrogens with zero attached hydrogens (tertiary/aromatic N) is 3. The summed E-state index contributed by atoms with van der Waals surface area (Å²) in [6, 6.07) is 13.1. The lowest BCUT2D eigenvalue weighted by molar-refractivity contribution is -0.143. The largest absolute Gasteiger partial charge is 0.481 e. The number of carboxylic acid groups (broad SMARTS) is 1. The number of aromatic nitrogens is 2. The van der Waals surface area contributed by atoms with Crippen LogP contribution in [-0.4, -0.2) is 31.9 Å². The third-order valence-electron chi connectivity index (χ3n) is 5.90.